The van der Waals surface area contributed by atoms with Gasteiger partial charge in [0, 0.05) is 39.7 Å². The molecule has 1 aromatic rings. The van der Waals surface area contributed by atoms with Gasteiger partial charge in [0.15, 0.2) is 6.10 Å². The van der Waals surface area contributed by atoms with Crippen molar-refractivity contribution in [1.82, 2.24) is 4.90 Å². The summed E-state index contributed by atoms with van der Waals surface area (Å²) in [7, 11) is 1.45. The molecule has 0 bridgehead atoms. The van der Waals surface area contributed by atoms with Gasteiger partial charge in [-0.15, -0.1) is 0 Å². The quantitative estimate of drug-likeness (QED) is 0.672. The molecule has 8 heteroatoms. The van der Waals surface area contributed by atoms with Crippen LogP contribution in [0.2, 0.25) is 0 Å². The summed E-state index contributed by atoms with van der Waals surface area (Å²) in [5, 5.41) is 0. The Kier molecular flexibility index (Phi) is 7.84. The highest BCUT2D eigenvalue weighted by atomic mass is 19.1. The predicted octanol–water partition coefficient (Wildman–Crippen LogP) is 3.00. The van der Waals surface area contributed by atoms with Crippen LogP contribution in [0.4, 0.5) is 14.9 Å². The monoisotopic (exact) mass is 410 g/mol. The Morgan fingerprint density at radius 2 is 1.83 bits per heavy atom. The zero-order valence-corrected chi connectivity index (χ0v) is 17.9. The van der Waals surface area contributed by atoms with Gasteiger partial charge in [-0.2, -0.15) is 0 Å². The number of amides is 1. The zero-order valence-electron chi connectivity index (χ0n) is 17.9. The summed E-state index contributed by atoms with van der Waals surface area (Å²) in [5.74, 6) is -0.781. The van der Waals surface area contributed by atoms with Crippen molar-refractivity contribution in [3.63, 3.8) is 0 Å². The second kappa shape index (κ2) is 9.91. The molecule has 0 N–H and O–H groups in total. The zero-order chi connectivity index (χ0) is 21.6. The first-order chi connectivity index (χ1) is 13.6. The molecule has 0 aromatic heterocycles. The molecule has 7 nitrogen and oxygen atoms in total. The van der Waals surface area contributed by atoms with Gasteiger partial charge in [0.1, 0.15) is 11.4 Å². The first kappa shape index (κ1) is 22.9. The van der Waals surface area contributed by atoms with E-state index in [-0.39, 0.29) is 18.5 Å². The fourth-order valence-electron chi connectivity index (χ4n) is 3.10. The highest BCUT2D eigenvalue weighted by molar-refractivity contribution is 5.75. The van der Waals surface area contributed by atoms with Gasteiger partial charge in [-0.1, -0.05) is 6.07 Å². The maximum atomic E-state index is 14.5. The number of benzene rings is 1. The summed E-state index contributed by atoms with van der Waals surface area (Å²) in [5.41, 5.74) is 0.673. The van der Waals surface area contributed by atoms with Crippen molar-refractivity contribution in [2.45, 2.75) is 45.8 Å². The Hall–Kier alpha value is -2.35. The van der Waals surface area contributed by atoms with Gasteiger partial charge in [-0.05, 0) is 45.4 Å². The van der Waals surface area contributed by atoms with Crippen molar-refractivity contribution in [3.8, 4) is 0 Å². The molecule has 1 unspecified atom stereocenters. The fraction of sp³-hybridized carbons (Fsp3) is 0.619. The topological polar surface area (TPSA) is 68.3 Å². The van der Waals surface area contributed by atoms with E-state index in [1.165, 1.54) is 13.2 Å². The summed E-state index contributed by atoms with van der Waals surface area (Å²) in [6, 6.07) is 4.76. The molecule has 1 saturated heterocycles. The van der Waals surface area contributed by atoms with Crippen LogP contribution in [0.5, 0.6) is 0 Å². The lowest BCUT2D eigenvalue weighted by Crippen LogP contribution is -2.50. The highest BCUT2D eigenvalue weighted by Crippen LogP contribution is 2.24. The summed E-state index contributed by atoms with van der Waals surface area (Å²) in [6.45, 7) is 9.36. The molecule has 1 aliphatic heterocycles. The number of carbonyl (C=O) groups excluding carboxylic acids is 2. The van der Waals surface area contributed by atoms with Crippen LogP contribution in [-0.2, 0) is 25.4 Å². The van der Waals surface area contributed by atoms with Gasteiger partial charge in [0.25, 0.3) is 0 Å². The fourth-order valence-corrected chi connectivity index (χ4v) is 3.10. The first-order valence-corrected chi connectivity index (χ1v) is 9.85. The Bertz CT molecular complexity index is 712. The summed E-state index contributed by atoms with van der Waals surface area (Å²) in [4.78, 5) is 27.7. The number of ether oxygens (including phenoxy) is 3. The van der Waals surface area contributed by atoms with E-state index in [9.17, 15) is 14.0 Å². The number of esters is 1. The number of nitrogens with zero attached hydrogens (tertiary/aromatic N) is 2. The molecule has 29 heavy (non-hydrogen) atoms. The molecular formula is C21H31FN2O5. The number of hydrogen-bond acceptors (Lipinski definition) is 6. The maximum Gasteiger partial charge on any atom is 0.410 e. The Balaban J connectivity index is 2.03. The van der Waals surface area contributed by atoms with E-state index in [4.69, 9.17) is 14.2 Å². The predicted molar refractivity (Wildman–Crippen MR) is 108 cm³/mol. The van der Waals surface area contributed by atoms with Crippen molar-refractivity contribution in [3.05, 3.63) is 29.6 Å². The molecule has 2 rings (SSSR count). The second-order valence-electron chi connectivity index (χ2n) is 7.92. The summed E-state index contributed by atoms with van der Waals surface area (Å²) < 4.78 is 30.1. The van der Waals surface area contributed by atoms with E-state index >= 15 is 0 Å². The number of rotatable bonds is 6. The van der Waals surface area contributed by atoms with Crippen molar-refractivity contribution < 1.29 is 28.2 Å². The molecule has 1 heterocycles. The van der Waals surface area contributed by atoms with E-state index in [0.29, 0.717) is 38.3 Å². The lowest BCUT2D eigenvalue weighted by molar-refractivity contribution is -0.154. The van der Waals surface area contributed by atoms with Gasteiger partial charge < -0.3 is 24.0 Å². The number of piperazine rings is 1. The van der Waals surface area contributed by atoms with Crippen LogP contribution in [-0.4, -0.2) is 68.6 Å². The number of halogens is 1. The molecule has 1 aliphatic rings. The van der Waals surface area contributed by atoms with Gasteiger partial charge in [0.2, 0.25) is 0 Å². The van der Waals surface area contributed by atoms with Crippen LogP contribution in [0.25, 0.3) is 0 Å². The van der Waals surface area contributed by atoms with Gasteiger partial charge in [0.05, 0.1) is 12.3 Å². The van der Waals surface area contributed by atoms with Crippen LogP contribution < -0.4 is 4.90 Å². The third-order valence-electron chi connectivity index (χ3n) is 4.54. The third-order valence-corrected chi connectivity index (χ3v) is 4.54. The van der Waals surface area contributed by atoms with Crippen LogP contribution >= 0.6 is 0 Å². The van der Waals surface area contributed by atoms with Crippen LogP contribution in [0.1, 0.15) is 33.3 Å². The van der Waals surface area contributed by atoms with Crippen LogP contribution in [0, 0.1) is 5.82 Å². The van der Waals surface area contributed by atoms with Crippen LogP contribution in [0.3, 0.4) is 0 Å². The molecule has 0 radical (unpaired) electrons. The molecule has 1 amide bonds. The smallest absolute Gasteiger partial charge is 0.410 e. The lowest BCUT2D eigenvalue weighted by Gasteiger charge is -2.37. The van der Waals surface area contributed by atoms with Crippen molar-refractivity contribution in [1.29, 1.82) is 0 Å². The SMILES string of the molecule is CCOC(=O)C(Cc1ccc(F)c(N2CCN(C(=O)OC(C)(C)C)CC2)c1)OC. The minimum absolute atomic E-state index is 0.273. The molecule has 0 spiro atoms. The van der Waals surface area contributed by atoms with Crippen LogP contribution in [0.15, 0.2) is 18.2 Å². The standard InChI is InChI=1S/C21H31FN2O5/c1-6-28-19(25)18(27-5)14-15-7-8-16(22)17(13-15)23-9-11-24(12-10-23)20(26)29-21(2,3)4/h7-8,13,18H,6,9-12,14H2,1-5H3. The van der Waals surface area contributed by atoms with E-state index in [1.54, 1.807) is 24.0 Å². The average molecular weight is 410 g/mol. The first-order valence-electron chi connectivity index (χ1n) is 9.85. The van der Waals surface area contributed by atoms with E-state index in [2.05, 4.69) is 0 Å². The maximum absolute atomic E-state index is 14.5. The van der Waals surface area contributed by atoms with Gasteiger partial charge >= 0.3 is 12.1 Å². The molecule has 162 valence electrons. The molecule has 1 fully saturated rings. The molecule has 0 aliphatic carbocycles. The second-order valence-corrected chi connectivity index (χ2v) is 7.92. The largest absolute Gasteiger partial charge is 0.464 e. The highest BCUT2D eigenvalue weighted by Gasteiger charge is 2.27. The van der Waals surface area contributed by atoms with Crippen molar-refractivity contribution in [2.75, 3.05) is 44.8 Å². The normalized spacial score (nSPS) is 15.8. The summed E-state index contributed by atoms with van der Waals surface area (Å²) >= 11 is 0. The average Bonchev–Trinajstić information content (AvgIpc) is 2.66. The molecular weight excluding hydrogens is 379 g/mol. The van der Waals surface area contributed by atoms with Crippen molar-refractivity contribution in [2.24, 2.45) is 0 Å². The number of carbonyl (C=O) groups is 2. The minimum Gasteiger partial charge on any atom is -0.464 e. The third kappa shape index (κ3) is 6.59. The number of methoxy groups -OCH3 is 1. The Morgan fingerprint density at radius 1 is 1.17 bits per heavy atom. The van der Waals surface area contributed by atoms with Gasteiger partial charge in [-0.3, -0.25) is 0 Å². The summed E-state index contributed by atoms with van der Waals surface area (Å²) in [6.07, 6.45) is -0.804. The van der Waals surface area contributed by atoms with E-state index in [0.717, 1.165) is 5.56 Å². The minimum atomic E-state index is -0.739. The molecule has 1 atom stereocenters. The Labute approximate surface area is 171 Å². The number of hydrogen-bond donors (Lipinski definition) is 0. The number of anilines is 1. The Morgan fingerprint density at radius 3 is 2.38 bits per heavy atom. The molecule has 1 aromatic carbocycles. The lowest BCUT2D eigenvalue weighted by atomic mass is 10.1. The van der Waals surface area contributed by atoms with E-state index in [1.807, 2.05) is 25.7 Å². The van der Waals surface area contributed by atoms with Gasteiger partial charge in [-0.25, -0.2) is 14.0 Å². The molecule has 0 saturated carbocycles. The van der Waals surface area contributed by atoms with Crippen molar-refractivity contribution >= 4 is 17.7 Å². The van der Waals surface area contributed by atoms with E-state index < -0.39 is 17.7 Å².